The van der Waals surface area contributed by atoms with Crippen LogP contribution in [0, 0.1) is 6.92 Å². The third-order valence-electron chi connectivity index (χ3n) is 3.80. The fraction of sp³-hybridized carbons (Fsp3) is 0.647. The second kappa shape index (κ2) is 8.16. The van der Waals surface area contributed by atoms with Crippen molar-refractivity contribution in [3.05, 3.63) is 27.7 Å². The Labute approximate surface area is 136 Å². The van der Waals surface area contributed by atoms with Gasteiger partial charge < -0.3 is 15.2 Å². The Bertz CT molecular complexity index is 456. The molecule has 0 amide bonds. The van der Waals surface area contributed by atoms with Gasteiger partial charge in [-0.05, 0) is 69.2 Å². The van der Waals surface area contributed by atoms with Crippen molar-refractivity contribution in [1.82, 2.24) is 0 Å². The summed E-state index contributed by atoms with van der Waals surface area (Å²) < 4.78 is 12.8. The maximum absolute atomic E-state index is 6.05. The van der Waals surface area contributed by atoms with Crippen molar-refractivity contribution in [3.63, 3.8) is 0 Å². The van der Waals surface area contributed by atoms with Gasteiger partial charge in [0.15, 0.2) is 0 Å². The smallest absolute Gasteiger partial charge is 0.125 e. The van der Waals surface area contributed by atoms with Crippen LogP contribution in [0.5, 0.6) is 5.75 Å². The number of aryl methyl sites for hydroxylation is 1. The number of benzene rings is 1. The standard InChI is InChI=1S/C17H26BrNO2/c1-12-9-15(18)11-14(10-13(2)19)17(12)21-8-4-6-16-5-3-7-20-16/h9,11,13,16H,3-8,10,19H2,1-2H3. The summed E-state index contributed by atoms with van der Waals surface area (Å²) in [6.07, 6.45) is 5.82. The molecule has 2 atom stereocenters. The number of hydrogen-bond acceptors (Lipinski definition) is 3. The Kier molecular flexibility index (Phi) is 6.52. The Balaban J connectivity index is 1.91. The van der Waals surface area contributed by atoms with Gasteiger partial charge in [0, 0.05) is 17.1 Å². The van der Waals surface area contributed by atoms with Crippen LogP contribution in [0.3, 0.4) is 0 Å². The summed E-state index contributed by atoms with van der Waals surface area (Å²) in [6, 6.07) is 4.35. The highest BCUT2D eigenvalue weighted by atomic mass is 79.9. The maximum atomic E-state index is 6.05. The normalized spacial score (nSPS) is 19.7. The predicted octanol–water partition coefficient (Wildman–Crippen LogP) is 3.99. The first kappa shape index (κ1) is 16.8. The molecule has 2 unspecified atom stereocenters. The molecule has 2 rings (SSSR count). The lowest BCUT2D eigenvalue weighted by Gasteiger charge is -2.17. The van der Waals surface area contributed by atoms with Crippen LogP contribution in [0.15, 0.2) is 16.6 Å². The van der Waals surface area contributed by atoms with Gasteiger partial charge in [-0.1, -0.05) is 15.9 Å². The molecule has 1 aliphatic heterocycles. The molecule has 3 nitrogen and oxygen atoms in total. The van der Waals surface area contributed by atoms with Crippen LogP contribution >= 0.6 is 15.9 Å². The molecule has 118 valence electrons. The van der Waals surface area contributed by atoms with Crippen molar-refractivity contribution < 1.29 is 9.47 Å². The summed E-state index contributed by atoms with van der Waals surface area (Å²) in [6.45, 7) is 5.78. The monoisotopic (exact) mass is 355 g/mol. The Morgan fingerprint density at radius 3 is 2.95 bits per heavy atom. The Morgan fingerprint density at radius 2 is 2.29 bits per heavy atom. The van der Waals surface area contributed by atoms with Crippen LogP contribution in [-0.4, -0.2) is 25.4 Å². The summed E-state index contributed by atoms with van der Waals surface area (Å²) in [5.41, 5.74) is 8.30. The van der Waals surface area contributed by atoms with E-state index in [1.807, 2.05) is 6.92 Å². The van der Waals surface area contributed by atoms with E-state index in [1.54, 1.807) is 0 Å². The summed E-state index contributed by atoms with van der Waals surface area (Å²) in [4.78, 5) is 0. The molecule has 1 fully saturated rings. The van der Waals surface area contributed by atoms with Crippen LogP contribution in [0.2, 0.25) is 0 Å². The molecule has 0 bridgehead atoms. The van der Waals surface area contributed by atoms with Gasteiger partial charge in [-0.2, -0.15) is 0 Å². The lowest BCUT2D eigenvalue weighted by molar-refractivity contribution is 0.0980. The van der Waals surface area contributed by atoms with Crippen LogP contribution in [-0.2, 0) is 11.2 Å². The molecular weight excluding hydrogens is 330 g/mol. The highest BCUT2D eigenvalue weighted by molar-refractivity contribution is 9.10. The molecule has 1 aliphatic rings. The highest BCUT2D eigenvalue weighted by Gasteiger charge is 2.15. The minimum Gasteiger partial charge on any atom is -0.493 e. The number of hydrogen-bond donors (Lipinski definition) is 1. The molecule has 21 heavy (non-hydrogen) atoms. The lowest BCUT2D eigenvalue weighted by Crippen LogP contribution is -2.19. The molecule has 0 spiro atoms. The molecule has 2 N–H and O–H groups in total. The van der Waals surface area contributed by atoms with Gasteiger partial charge in [-0.15, -0.1) is 0 Å². The molecule has 1 heterocycles. The van der Waals surface area contributed by atoms with Gasteiger partial charge in [-0.3, -0.25) is 0 Å². The fourth-order valence-corrected chi connectivity index (χ4v) is 3.48. The van der Waals surface area contributed by atoms with Gasteiger partial charge in [0.1, 0.15) is 5.75 Å². The number of nitrogens with two attached hydrogens (primary N) is 1. The van der Waals surface area contributed by atoms with Gasteiger partial charge >= 0.3 is 0 Å². The zero-order chi connectivity index (χ0) is 15.2. The van der Waals surface area contributed by atoms with Crippen molar-refractivity contribution >= 4 is 15.9 Å². The molecule has 1 aromatic rings. The van der Waals surface area contributed by atoms with E-state index in [2.05, 4.69) is 35.0 Å². The van der Waals surface area contributed by atoms with E-state index in [4.69, 9.17) is 15.2 Å². The maximum Gasteiger partial charge on any atom is 0.125 e. The van der Waals surface area contributed by atoms with Crippen molar-refractivity contribution in [3.8, 4) is 5.75 Å². The molecule has 1 saturated heterocycles. The van der Waals surface area contributed by atoms with Crippen LogP contribution in [0.1, 0.15) is 43.7 Å². The average molecular weight is 356 g/mol. The highest BCUT2D eigenvalue weighted by Crippen LogP contribution is 2.29. The first-order valence-electron chi connectivity index (χ1n) is 7.85. The lowest BCUT2D eigenvalue weighted by atomic mass is 10.0. The van der Waals surface area contributed by atoms with Gasteiger partial charge in [-0.25, -0.2) is 0 Å². The largest absolute Gasteiger partial charge is 0.493 e. The molecule has 1 aromatic carbocycles. The molecule has 4 heteroatoms. The first-order chi connectivity index (χ1) is 10.1. The summed E-state index contributed by atoms with van der Waals surface area (Å²) in [7, 11) is 0. The van der Waals surface area contributed by atoms with Gasteiger partial charge in [0.05, 0.1) is 12.7 Å². The second-order valence-electron chi connectivity index (χ2n) is 6.02. The van der Waals surface area contributed by atoms with E-state index in [-0.39, 0.29) is 6.04 Å². The zero-order valence-electron chi connectivity index (χ0n) is 13.0. The third-order valence-corrected chi connectivity index (χ3v) is 4.26. The minimum atomic E-state index is 0.132. The van der Waals surface area contributed by atoms with E-state index in [1.165, 1.54) is 18.4 Å². The van der Waals surface area contributed by atoms with Crippen molar-refractivity contribution in [2.24, 2.45) is 5.73 Å². The predicted molar refractivity (Wildman–Crippen MR) is 89.9 cm³/mol. The Morgan fingerprint density at radius 1 is 1.48 bits per heavy atom. The molecule has 0 aliphatic carbocycles. The topological polar surface area (TPSA) is 44.5 Å². The fourth-order valence-electron chi connectivity index (χ4n) is 2.86. The molecular formula is C17H26BrNO2. The number of halogens is 1. The molecule has 0 saturated carbocycles. The summed E-state index contributed by atoms with van der Waals surface area (Å²) in [5, 5.41) is 0. The molecule has 0 radical (unpaired) electrons. The van der Waals surface area contributed by atoms with Crippen LogP contribution < -0.4 is 10.5 Å². The van der Waals surface area contributed by atoms with Gasteiger partial charge in [0.25, 0.3) is 0 Å². The Hall–Kier alpha value is -0.580. The quantitative estimate of drug-likeness (QED) is 0.752. The van der Waals surface area contributed by atoms with Crippen LogP contribution in [0.4, 0.5) is 0 Å². The van der Waals surface area contributed by atoms with Crippen LogP contribution in [0.25, 0.3) is 0 Å². The molecule has 0 aromatic heterocycles. The zero-order valence-corrected chi connectivity index (χ0v) is 14.6. The number of ether oxygens (including phenoxy) is 2. The van der Waals surface area contributed by atoms with Crippen molar-refractivity contribution in [1.29, 1.82) is 0 Å². The first-order valence-corrected chi connectivity index (χ1v) is 8.64. The van der Waals surface area contributed by atoms with E-state index >= 15 is 0 Å². The average Bonchev–Trinajstić information content (AvgIpc) is 2.89. The van der Waals surface area contributed by atoms with Crippen molar-refractivity contribution in [2.45, 2.75) is 58.1 Å². The minimum absolute atomic E-state index is 0.132. The van der Waals surface area contributed by atoms with Gasteiger partial charge in [0.2, 0.25) is 0 Å². The van der Waals surface area contributed by atoms with E-state index in [0.717, 1.165) is 48.3 Å². The third kappa shape index (κ3) is 5.28. The van der Waals surface area contributed by atoms with E-state index in [0.29, 0.717) is 6.10 Å². The van der Waals surface area contributed by atoms with Crippen molar-refractivity contribution in [2.75, 3.05) is 13.2 Å². The van der Waals surface area contributed by atoms with E-state index < -0.39 is 0 Å². The SMILES string of the molecule is Cc1cc(Br)cc(CC(C)N)c1OCCCC1CCCO1. The second-order valence-corrected chi connectivity index (χ2v) is 6.93. The summed E-state index contributed by atoms with van der Waals surface area (Å²) in [5.74, 6) is 1.00. The van der Waals surface area contributed by atoms with E-state index in [9.17, 15) is 0 Å². The summed E-state index contributed by atoms with van der Waals surface area (Å²) >= 11 is 3.55. The number of rotatable bonds is 7.